The van der Waals surface area contributed by atoms with Crippen LogP contribution >= 0.6 is 15.9 Å². The molecule has 2 saturated heterocycles. The van der Waals surface area contributed by atoms with Gasteiger partial charge >= 0.3 is 5.97 Å². The fourth-order valence-electron chi connectivity index (χ4n) is 5.10. The molecule has 0 amide bonds. The molecule has 0 spiro atoms. The molecule has 0 radical (unpaired) electrons. The van der Waals surface area contributed by atoms with E-state index < -0.39 is 0 Å². The van der Waals surface area contributed by atoms with Gasteiger partial charge in [0.2, 0.25) is 0 Å². The van der Waals surface area contributed by atoms with E-state index in [1.54, 1.807) is 0 Å². The molecule has 0 bridgehead atoms. The van der Waals surface area contributed by atoms with Gasteiger partial charge in [-0.05, 0) is 55.0 Å². The lowest BCUT2D eigenvalue weighted by molar-refractivity contribution is -0.155. The Hall–Kier alpha value is -0.350. The molecule has 0 unspecified atom stereocenters. The predicted molar refractivity (Wildman–Crippen MR) is 96.3 cm³/mol. The largest absolute Gasteiger partial charge is 0.466 e. The van der Waals surface area contributed by atoms with Crippen molar-refractivity contribution in [1.29, 1.82) is 0 Å². The van der Waals surface area contributed by atoms with Crippen LogP contribution in [0.1, 0.15) is 46.5 Å². The lowest BCUT2D eigenvalue weighted by Gasteiger charge is -2.51. The van der Waals surface area contributed by atoms with Crippen LogP contribution in [0.15, 0.2) is 10.6 Å². The molecule has 0 N–H and O–H groups in total. The number of carbonyl (C=O) groups is 1. The Labute approximate surface area is 149 Å². The molecule has 3 rings (SSSR count). The van der Waals surface area contributed by atoms with Gasteiger partial charge in [0.25, 0.3) is 0 Å². The summed E-state index contributed by atoms with van der Waals surface area (Å²) in [6.07, 6.45) is 7.55. The van der Waals surface area contributed by atoms with Gasteiger partial charge in [0.1, 0.15) is 0 Å². The van der Waals surface area contributed by atoms with E-state index in [4.69, 9.17) is 4.74 Å². The topological polar surface area (TPSA) is 29.5 Å². The number of rotatable bonds is 3. The number of esters is 1. The Kier molecular flexibility index (Phi) is 5.52. The lowest BCUT2D eigenvalue weighted by atomic mass is 9.63. The van der Waals surface area contributed by atoms with Crippen LogP contribution in [-0.4, -0.2) is 36.6 Å². The van der Waals surface area contributed by atoms with Crippen molar-refractivity contribution < 1.29 is 9.53 Å². The maximum absolute atomic E-state index is 12.8. The molecule has 2 heterocycles. The van der Waals surface area contributed by atoms with E-state index in [0.29, 0.717) is 30.4 Å². The Balaban J connectivity index is 1.90. The number of hydrogen-bond donors (Lipinski definition) is 0. The number of nitrogens with zero attached hydrogens (tertiary/aromatic N) is 1. The molecule has 4 heteroatoms. The van der Waals surface area contributed by atoms with Gasteiger partial charge in [-0.15, -0.1) is 0 Å². The summed E-state index contributed by atoms with van der Waals surface area (Å²) >= 11 is 3.80. The Bertz CT molecular complexity index is 476. The maximum atomic E-state index is 12.8. The van der Waals surface area contributed by atoms with Gasteiger partial charge < -0.3 is 4.74 Å². The molecular weight excluding hydrogens is 354 g/mol. The van der Waals surface area contributed by atoms with Gasteiger partial charge in [0.05, 0.1) is 12.5 Å². The van der Waals surface area contributed by atoms with E-state index >= 15 is 0 Å². The number of halogens is 1. The predicted octanol–water partition coefficient (Wildman–Crippen LogP) is 4.22. The molecule has 0 aromatic heterocycles. The van der Waals surface area contributed by atoms with Crippen molar-refractivity contribution in [2.75, 3.05) is 19.7 Å². The third kappa shape index (κ3) is 3.39. The first-order valence-electron chi connectivity index (χ1n) is 9.30. The summed E-state index contributed by atoms with van der Waals surface area (Å²) < 4.78 is 6.72. The Morgan fingerprint density at radius 1 is 1.43 bits per heavy atom. The van der Waals surface area contributed by atoms with Gasteiger partial charge in [-0.25, -0.2) is 0 Å². The normalized spacial score (nSPS) is 37.8. The van der Waals surface area contributed by atoms with E-state index in [1.165, 1.54) is 30.3 Å². The number of carbonyl (C=O) groups excluding carboxylic acids is 1. The zero-order chi connectivity index (χ0) is 16.6. The van der Waals surface area contributed by atoms with Crippen molar-refractivity contribution in [3.05, 3.63) is 10.6 Å². The molecule has 3 nitrogen and oxygen atoms in total. The summed E-state index contributed by atoms with van der Waals surface area (Å²) in [5.41, 5.74) is 0. The van der Waals surface area contributed by atoms with Crippen molar-refractivity contribution in [2.24, 2.45) is 29.6 Å². The van der Waals surface area contributed by atoms with Crippen LogP contribution < -0.4 is 0 Å². The van der Waals surface area contributed by atoms with Crippen molar-refractivity contribution in [3.63, 3.8) is 0 Å². The van der Waals surface area contributed by atoms with Crippen molar-refractivity contribution in [2.45, 2.75) is 52.5 Å². The summed E-state index contributed by atoms with van der Waals surface area (Å²) in [6, 6.07) is 0.681. The summed E-state index contributed by atoms with van der Waals surface area (Å²) in [5.74, 6) is 1.69. The highest BCUT2D eigenvalue weighted by atomic mass is 79.9. The number of ether oxygens (including phenoxy) is 1. The second-order valence-electron chi connectivity index (χ2n) is 7.81. The highest BCUT2D eigenvalue weighted by Crippen LogP contribution is 2.49. The first kappa shape index (κ1) is 17.5. The number of hydrogen-bond acceptors (Lipinski definition) is 3. The highest BCUT2D eigenvalue weighted by molar-refractivity contribution is 9.11. The molecule has 0 saturated carbocycles. The van der Waals surface area contributed by atoms with E-state index in [1.807, 2.05) is 6.92 Å². The van der Waals surface area contributed by atoms with E-state index in [0.717, 1.165) is 13.0 Å². The smallest absolute Gasteiger partial charge is 0.309 e. The van der Waals surface area contributed by atoms with Crippen LogP contribution in [0, 0.1) is 29.6 Å². The molecule has 130 valence electrons. The standard InChI is InChI=1S/C19H30BrNO2/c1-4-23-19(22)18-15-10-14-7-5-6-8-21(14)11-13(15)9-16(20)17(18)12(2)3/h9,12-15,17-18H,4-8,10-11H2,1-3H3/t13-,14-,15-,17-,18+/m0/s1. The molecule has 2 fully saturated rings. The van der Waals surface area contributed by atoms with Crippen molar-refractivity contribution >= 4 is 21.9 Å². The van der Waals surface area contributed by atoms with Crippen molar-refractivity contribution in [3.8, 4) is 0 Å². The minimum atomic E-state index is 0.0170. The van der Waals surface area contributed by atoms with Crippen LogP contribution in [0.5, 0.6) is 0 Å². The summed E-state index contributed by atoms with van der Waals surface area (Å²) in [7, 11) is 0. The third-order valence-corrected chi connectivity index (χ3v) is 6.90. The quantitative estimate of drug-likeness (QED) is 0.683. The van der Waals surface area contributed by atoms with Crippen molar-refractivity contribution in [1.82, 2.24) is 4.90 Å². The van der Waals surface area contributed by atoms with Crippen LogP contribution in [-0.2, 0) is 9.53 Å². The summed E-state index contributed by atoms with van der Waals surface area (Å²) in [4.78, 5) is 15.5. The second-order valence-corrected chi connectivity index (χ2v) is 8.72. The average Bonchev–Trinajstić information content (AvgIpc) is 2.51. The minimum Gasteiger partial charge on any atom is -0.466 e. The molecule has 3 aliphatic rings. The molecule has 0 aromatic carbocycles. The van der Waals surface area contributed by atoms with E-state index in [9.17, 15) is 4.79 Å². The highest BCUT2D eigenvalue weighted by Gasteiger charge is 2.49. The van der Waals surface area contributed by atoms with Gasteiger partial charge in [-0.3, -0.25) is 9.69 Å². The van der Waals surface area contributed by atoms with Gasteiger partial charge in [-0.1, -0.05) is 42.3 Å². The molecule has 1 aliphatic carbocycles. The first-order valence-corrected chi connectivity index (χ1v) is 10.1. The number of fused-ring (bicyclic) bond motifs is 2. The molecular formula is C19H30BrNO2. The van der Waals surface area contributed by atoms with Gasteiger partial charge in [-0.2, -0.15) is 0 Å². The molecule has 5 atom stereocenters. The average molecular weight is 384 g/mol. The zero-order valence-corrected chi connectivity index (χ0v) is 16.2. The lowest BCUT2D eigenvalue weighted by Crippen LogP contribution is -2.54. The fraction of sp³-hybridized carbons (Fsp3) is 0.842. The van der Waals surface area contributed by atoms with Crippen LogP contribution in [0.25, 0.3) is 0 Å². The number of piperidine rings is 2. The SMILES string of the molecule is CCOC(=O)[C@@H]1[C@H]2C[C@@H]3CCCCN3C[C@@H]2C=C(Br)[C@@H]1C(C)C. The molecule has 0 aromatic rings. The Morgan fingerprint density at radius 2 is 2.22 bits per heavy atom. The van der Waals surface area contributed by atoms with Crippen LogP contribution in [0.3, 0.4) is 0 Å². The van der Waals surface area contributed by atoms with Gasteiger partial charge in [0.15, 0.2) is 0 Å². The third-order valence-electron chi connectivity index (χ3n) is 6.11. The zero-order valence-electron chi connectivity index (χ0n) is 14.6. The van der Waals surface area contributed by atoms with Gasteiger partial charge in [0, 0.05) is 18.5 Å². The van der Waals surface area contributed by atoms with E-state index in [-0.39, 0.29) is 17.8 Å². The first-order chi connectivity index (χ1) is 11.0. The minimum absolute atomic E-state index is 0.0170. The summed E-state index contributed by atoms with van der Waals surface area (Å²) in [6.45, 7) is 9.19. The summed E-state index contributed by atoms with van der Waals surface area (Å²) in [5, 5.41) is 0. The van der Waals surface area contributed by atoms with E-state index in [2.05, 4.69) is 40.8 Å². The monoisotopic (exact) mass is 383 g/mol. The van der Waals surface area contributed by atoms with Crippen LogP contribution in [0.4, 0.5) is 0 Å². The fourth-order valence-corrected chi connectivity index (χ4v) is 6.25. The second kappa shape index (κ2) is 7.26. The molecule has 23 heavy (non-hydrogen) atoms. The molecule has 2 aliphatic heterocycles. The van der Waals surface area contributed by atoms with Crippen LogP contribution in [0.2, 0.25) is 0 Å². The Morgan fingerprint density at radius 3 is 2.91 bits per heavy atom. The number of allylic oxidation sites excluding steroid dienone is 1. The maximum Gasteiger partial charge on any atom is 0.309 e.